The van der Waals surface area contributed by atoms with E-state index in [0.29, 0.717) is 5.92 Å². The van der Waals surface area contributed by atoms with Crippen LogP contribution in [0.1, 0.15) is 37.3 Å². The molecule has 1 saturated carbocycles. The predicted molar refractivity (Wildman–Crippen MR) is 86.1 cm³/mol. The van der Waals surface area contributed by atoms with Crippen LogP contribution in [0.4, 0.5) is 5.69 Å². The lowest BCUT2D eigenvalue weighted by Gasteiger charge is -2.25. The van der Waals surface area contributed by atoms with Gasteiger partial charge < -0.3 is 0 Å². The van der Waals surface area contributed by atoms with Crippen molar-refractivity contribution < 1.29 is 9.59 Å². The average Bonchev–Trinajstić information content (AvgIpc) is 2.67. The third-order valence-corrected chi connectivity index (χ3v) is 6.12. The molecule has 0 aromatic heterocycles. The van der Waals surface area contributed by atoms with Gasteiger partial charge in [0.15, 0.2) is 0 Å². The molecule has 1 aliphatic carbocycles. The van der Waals surface area contributed by atoms with Crippen LogP contribution in [-0.4, -0.2) is 11.8 Å². The second-order valence-corrected chi connectivity index (χ2v) is 7.33. The van der Waals surface area contributed by atoms with Crippen molar-refractivity contribution in [2.45, 2.75) is 40.0 Å². The SMILES string of the molecule is Cc1cc(N2C(=O)[C@H]3C[C@H](C)CC[C@H]3C2=O)cc(C)c1Br. The first-order chi connectivity index (χ1) is 9.90. The molecule has 1 aromatic rings. The molecule has 1 heterocycles. The second-order valence-electron chi connectivity index (χ2n) is 6.54. The smallest absolute Gasteiger partial charge is 0.237 e. The largest absolute Gasteiger partial charge is 0.274 e. The maximum absolute atomic E-state index is 12.7. The summed E-state index contributed by atoms with van der Waals surface area (Å²) in [6.07, 6.45) is 2.74. The van der Waals surface area contributed by atoms with Crippen LogP contribution < -0.4 is 4.90 Å². The highest BCUT2D eigenvalue weighted by atomic mass is 79.9. The third kappa shape index (κ3) is 2.33. The predicted octanol–water partition coefficient (Wildman–Crippen LogP) is 3.99. The molecule has 0 spiro atoms. The van der Waals surface area contributed by atoms with Gasteiger partial charge in [0.1, 0.15) is 0 Å². The highest BCUT2D eigenvalue weighted by molar-refractivity contribution is 9.10. The van der Waals surface area contributed by atoms with Gasteiger partial charge in [-0.3, -0.25) is 14.5 Å². The third-order valence-electron chi connectivity index (χ3n) is 4.87. The van der Waals surface area contributed by atoms with Gasteiger partial charge in [-0.05, 0) is 62.3 Å². The first kappa shape index (κ1) is 14.8. The van der Waals surface area contributed by atoms with Crippen molar-refractivity contribution in [3.05, 3.63) is 27.7 Å². The van der Waals surface area contributed by atoms with E-state index < -0.39 is 0 Å². The van der Waals surface area contributed by atoms with E-state index >= 15 is 0 Å². The number of fused-ring (bicyclic) bond motifs is 1. The number of carbonyl (C=O) groups excluding carboxylic acids is 2. The maximum atomic E-state index is 12.7. The highest BCUT2D eigenvalue weighted by Crippen LogP contribution is 2.42. The Morgan fingerprint density at radius 3 is 2.24 bits per heavy atom. The van der Waals surface area contributed by atoms with Crippen molar-refractivity contribution >= 4 is 33.4 Å². The van der Waals surface area contributed by atoms with Gasteiger partial charge >= 0.3 is 0 Å². The van der Waals surface area contributed by atoms with Gasteiger partial charge in [0, 0.05) is 4.47 Å². The second kappa shape index (κ2) is 5.24. The number of nitrogens with zero attached hydrogens (tertiary/aromatic N) is 1. The zero-order chi connectivity index (χ0) is 15.3. The van der Waals surface area contributed by atoms with Crippen molar-refractivity contribution in [3.63, 3.8) is 0 Å². The molecule has 2 amide bonds. The van der Waals surface area contributed by atoms with Gasteiger partial charge in [0.05, 0.1) is 17.5 Å². The van der Waals surface area contributed by atoms with Crippen molar-refractivity contribution in [1.29, 1.82) is 0 Å². The first-order valence-electron chi connectivity index (χ1n) is 7.54. The van der Waals surface area contributed by atoms with Crippen molar-refractivity contribution in [3.8, 4) is 0 Å². The molecule has 2 aliphatic rings. The molecule has 112 valence electrons. The number of benzene rings is 1. The standard InChI is InChI=1S/C17H20BrNO2/c1-9-4-5-13-14(6-9)17(21)19(16(13)20)12-7-10(2)15(18)11(3)8-12/h7-9,13-14H,4-6H2,1-3H3/t9-,13-,14+/m1/s1. The number of aryl methyl sites for hydroxylation is 2. The summed E-state index contributed by atoms with van der Waals surface area (Å²) in [5.74, 6) is 0.329. The number of hydrogen-bond acceptors (Lipinski definition) is 2. The quantitative estimate of drug-likeness (QED) is 0.718. The lowest BCUT2D eigenvalue weighted by atomic mass is 9.76. The van der Waals surface area contributed by atoms with Gasteiger partial charge in [-0.25, -0.2) is 0 Å². The zero-order valence-electron chi connectivity index (χ0n) is 12.6. The summed E-state index contributed by atoms with van der Waals surface area (Å²) in [4.78, 5) is 26.8. The van der Waals surface area contributed by atoms with Crippen molar-refractivity contribution in [2.24, 2.45) is 17.8 Å². The van der Waals surface area contributed by atoms with Crippen LogP contribution in [0.25, 0.3) is 0 Å². The first-order valence-corrected chi connectivity index (χ1v) is 8.34. The van der Waals surface area contributed by atoms with Gasteiger partial charge in [-0.2, -0.15) is 0 Å². The Hall–Kier alpha value is -1.16. The molecule has 3 rings (SSSR count). The summed E-state index contributed by atoms with van der Waals surface area (Å²) < 4.78 is 1.04. The molecule has 4 heteroatoms. The molecular weight excluding hydrogens is 330 g/mol. The highest BCUT2D eigenvalue weighted by Gasteiger charge is 2.50. The number of imide groups is 1. The van der Waals surface area contributed by atoms with E-state index in [1.54, 1.807) is 0 Å². The van der Waals surface area contributed by atoms with Gasteiger partial charge in [0.25, 0.3) is 0 Å². The Morgan fingerprint density at radius 2 is 1.62 bits per heavy atom. The number of halogens is 1. The average molecular weight is 350 g/mol. The molecule has 0 radical (unpaired) electrons. The van der Waals surface area contributed by atoms with Crippen LogP contribution in [0.3, 0.4) is 0 Å². The minimum Gasteiger partial charge on any atom is -0.274 e. The molecule has 1 aliphatic heterocycles. The molecule has 2 fully saturated rings. The van der Waals surface area contributed by atoms with Crippen LogP contribution in [-0.2, 0) is 9.59 Å². The number of carbonyl (C=O) groups is 2. The minimum absolute atomic E-state index is 0.00183. The summed E-state index contributed by atoms with van der Waals surface area (Å²) in [6, 6.07) is 3.85. The molecule has 0 N–H and O–H groups in total. The maximum Gasteiger partial charge on any atom is 0.237 e. The lowest BCUT2D eigenvalue weighted by Crippen LogP contribution is -2.31. The van der Waals surface area contributed by atoms with Crippen molar-refractivity contribution in [1.82, 2.24) is 0 Å². The molecule has 0 unspecified atom stereocenters. The van der Waals surface area contributed by atoms with Crippen LogP contribution in [0.5, 0.6) is 0 Å². The minimum atomic E-state index is -0.106. The van der Waals surface area contributed by atoms with E-state index in [2.05, 4.69) is 22.9 Å². The van der Waals surface area contributed by atoms with Gasteiger partial charge in [0.2, 0.25) is 11.8 Å². The molecular formula is C17H20BrNO2. The Bertz CT molecular complexity index is 602. The van der Waals surface area contributed by atoms with E-state index in [-0.39, 0.29) is 23.7 Å². The molecule has 1 aromatic carbocycles. The fourth-order valence-electron chi connectivity index (χ4n) is 3.70. The Labute approximate surface area is 133 Å². The fraction of sp³-hybridized carbons (Fsp3) is 0.529. The topological polar surface area (TPSA) is 37.4 Å². The summed E-state index contributed by atoms with van der Waals surface area (Å²) >= 11 is 3.53. The molecule has 0 bridgehead atoms. The summed E-state index contributed by atoms with van der Waals surface area (Å²) in [5, 5.41) is 0. The monoisotopic (exact) mass is 349 g/mol. The van der Waals surface area contributed by atoms with Crippen LogP contribution in [0, 0.1) is 31.6 Å². The van der Waals surface area contributed by atoms with E-state index in [1.165, 1.54) is 4.90 Å². The number of anilines is 1. The van der Waals surface area contributed by atoms with Gasteiger partial charge in [-0.15, -0.1) is 0 Å². The van der Waals surface area contributed by atoms with Crippen molar-refractivity contribution in [2.75, 3.05) is 4.90 Å². The Balaban J connectivity index is 1.99. The summed E-state index contributed by atoms with van der Waals surface area (Å²) in [6.45, 7) is 6.14. The normalized spacial score (nSPS) is 29.0. The number of rotatable bonds is 1. The summed E-state index contributed by atoms with van der Waals surface area (Å²) in [5.41, 5.74) is 2.83. The lowest BCUT2D eigenvalue weighted by molar-refractivity contribution is -0.122. The van der Waals surface area contributed by atoms with Crippen LogP contribution >= 0.6 is 15.9 Å². The van der Waals surface area contributed by atoms with E-state index in [0.717, 1.165) is 40.5 Å². The van der Waals surface area contributed by atoms with Crippen LogP contribution in [0.15, 0.2) is 16.6 Å². The fourth-order valence-corrected chi connectivity index (χ4v) is 3.93. The molecule has 21 heavy (non-hydrogen) atoms. The zero-order valence-corrected chi connectivity index (χ0v) is 14.2. The molecule has 3 nitrogen and oxygen atoms in total. The van der Waals surface area contributed by atoms with Gasteiger partial charge in [-0.1, -0.05) is 22.9 Å². The number of amides is 2. The Kier molecular flexibility index (Phi) is 3.68. The van der Waals surface area contributed by atoms with E-state index in [9.17, 15) is 9.59 Å². The Morgan fingerprint density at radius 1 is 1.05 bits per heavy atom. The van der Waals surface area contributed by atoms with Crippen LogP contribution in [0.2, 0.25) is 0 Å². The summed E-state index contributed by atoms with van der Waals surface area (Å²) in [7, 11) is 0. The molecule has 1 saturated heterocycles. The van der Waals surface area contributed by atoms with E-state index in [4.69, 9.17) is 0 Å². The molecule has 3 atom stereocenters. The van der Waals surface area contributed by atoms with E-state index in [1.807, 2.05) is 26.0 Å². The number of hydrogen-bond donors (Lipinski definition) is 0.